The van der Waals surface area contributed by atoms with Crippen LogP contribution in [-0.2, 0) is 26.3 Å². The van der Waals surface area contributed by atoms with Crippen molar-refractivity contribution in [2.24, 2.45) is 4.99 Å². The first-order chi connectivity index (χ1) is 16.4. The molecule has 1 amide bonds. The maximum atomic E-state index is 13.1. The molecular weight excluding hydrogens is 496 g/mol. The van der Waals surface area contributed by atoms with Crippen LogP contribution < -0.4 is 10.6 Å². The van der Waals surface area contributed by atoms with E-state index in [-0.39, 0.29) is 11.8 Å². The summed E-state index contributed by atoms with van der Waals surface area (Å²) in [6, 6.07) is 20.3. The Bertz CT molecular complexity index is 1260. The van der Waals surface area contributed by atoms with Gasteiger partial charge in [0.1, 0.15) is 0 Å². The van der Waals surface area contributed by atoms with E-state index in [2.05, 4.69) is 20.6 Å². The highest BCUT2D eigenvalue weighted by Gasteiger charge is 2.32. The zero-order chi connectivity index (χ0) is 24.0. The molecule has 2 unspecified atom stereocenters. The number of hydrogen-bond acceptors (Lipinski definition) is 9. The van der Waals surface area contributed by atoms with Gasteiger partial charge in [-0.15, -0.1) is 0 Å². The average Bonchev–Trinajstić information content (AvgIpc) is 3.31. The Labute approximate surface area is 204 Å². The van der Waals surface area contributed by atoms with Crippen LogP contribution in [0.3, 0.4) is 0 Å². The van der Waals surface area contributed by atoms with Gasteiger partial charge in [-0.2, -0.15) is 8.42 Å². The number of aliphatic imine (C=N–C) groups is 1. The van der Waals surface area contributed by atoms with Gasteiger partial charge in [-0.05, 0) is 57.0 Å². The lowest BCUT2D eigenvalue weighted by Gasteiger charge is -2.18. The predicted octanol–water partition coefficient (Wildman–Crippen LogP) is 4.12. The number of pyridine rings is 1. The fourth-order valence-corrected chi connectivity index (χ4v) is 6.52. The number of carbonyl (C=O) groups excluding carboxylic acids is 1. The number of amides is 1. The summed E-state index contributed by atoms with van der Waals surface area (Å²) in [6.45, 7) is 0.192. The van der Waals surface area contributed by atoms with Crippen molar-refractivity contribution in [2.45, 2.75) is 17.4 Å². The lowest BCUT2D eigenvalue weighted by molar-refractivity contribution is -0.132. The van der Waals surface area contributed by atoms with Gasteiger partial charge < -0.3 is 15.4 Å². The third-order valence-corrected chi connectivity index (χ3v) is 8.64. The second-order valence-electron chi connectivity index (χ2n) is 7.08. The second-order valence-corrected chi connectivity index (χ2v) is 11.1. The Balaban J connectivity index is 1.51. The molecule has 0 fully saturated rings. The van der Waals surface area contributed by atoms with Crippen molar-refractivity contribution < 1.29 is 22.5 Å². The highest BCUT2D eigenvalue weighted by Crippen LogP contribution is 2.38. The normalized spacial score (nSPS) is 16.5. The van der Waals surface area contributed by atoms with Gasteiger partial charge in [0.05, 0.1) is 6.61 Å². The summed E-state index contributed by atoms with van der Waals surface area (Å²) < 4.78 is 36.4. The molecule has 0 saturated heterocycles. The van der Waals surface area contributed by atoms with E-state index in [1.165, 1.54) is 0 Å². The van der Waals surface area contributed by atoms with E-state index in [1.54, 1.807) is 24.5 Å². The maximum absolute atomic E-state index is 13.1. The van der Waals surface area contributed by atoms with Gasteiger partial charge in [0.15, 0.2) is 11.3 Å². The van der Waals surface area contributed by atoms with Crippen molar-refractivity contribution in [3.05, 3.63) is 90.3 Å². The summed E-state index contributed by atoms with van der Waals surface area (Å²) in [6.07, 6.45) is 2.39. The first-order valence-corrected chi connectivity index (χ1v) is 13.7. The highest BCUT2D eigenvalue weighted by molar-refractivity contribution is 8.84. The van der Waals surface area contributed by atoms with Crippen molar-refractivity contribution in [3.63, 3.8) is 0 Å². The van der Waals surface area contributed by atoms with Crippen molar-refractivity contribution in [3.8, 4) is 0 Å². The van der Waals surface area contributed by atoms with Gasteiger partial charge in [-0.1, -0.05) is 42.5 Å². The standard InChI is InChI=1S/C22H20N4O5S3/c27-20(25-21-26-22(33-32-21)34(28,29)30)19(31-14-15-4-2-1-3-5-15)16-6-8-17(9-7-16)24-18-10-12-23-13-11-18/h1-13,19,22H,14H2,(H,23,24)(H,25,26,27)(H,28,29,30). The molecule has 3 aromatic rings. The van der Waals surface area contributed by atoms with E-state index in [4.69, 9.17) is 4.74 Å². The zero-order valence-corrected chi connectivity index (χ0v) is 20.0. The molecule has 34 heavy (non-hydrogen) atoms. The lowest BCUT2D eigenvalue weighted by Crippen LogP contribution is -2.33. The van der Waals surface area contributed by atoms with Crippen molar-refractivity contribution >= 4 is 54.2 Å². The molecule has 3 N–H and O–H groups in total. The van der Waals surface area contributed by atoms with Crippen LogP contribution in [0.1, 0.15) is 17.2 Å². The lowest BCUT2D eigenvalue weighted by atomic mass is 10.1. The summed E-state index contributed by atoms with van der Waals surface area (Å²) in [7, 11) is -2.57. The van der Waals surface area contributed by atoms with E-state index in [9.17, 15) is 17.8 Å². The van der Waals surface area contributed by atoms with E-state index in [0.29, 0.717) is 5.56 Å². The Hall–Kier alpha value is -2.90. The topological polar surface area (TPSA) is 130 Å². The van der Waals surface area contributed by atoms with Crippen LogP contribution in [0.4, 0.5) is 11.4 Å². The molecule has 2 heterocycles. The number of rotatable bonds is 8. The van der Waals surface area contributed by atoms with Crippen LogP contribution in [-0.4, -0.2) is 33.7 Å². The fraction of sp³-hybridized carbons (Fsp3) is 0.136. The van der Waals surface area contributed by atoms with Crippen molar-refractivity contribution in [2.75, 3.05) is 5.32 Å². The van der Waals surface area contributed by atoms with Crippen LogP contribution in [0.5, 0.6) is 0 Å². The Morgan fingerprint density at radius 2 is 1.71 bits per heavy atom. The number of anilines is 2. The number of amidine groups is 1. The number of benzene rings is 2. The summed E-state index contributed by atoms with van der Waals surface area (Å²) in [5, 5.41) is 5.93. The predicted molar refractivity (Wildman–Crippen MR) is 134 cm³/mol. The summed E-state index contributed by atoms with van der Waals surface area (Å²) in [5.41, 5.74) is 3.20. The van der Waals surface area contributed by atoms with E-state index < -0.39 is 26.8 Å². The number of nitrogens with one attached hydrogen (secondary N) is 2. The molecule has 2 atom stereocenters. The average molecular weight is 517 g/mol. The molecule has 2 aromatic carbocycles. The van der Waals surface area contributed by atoms with Crippen LogP contribution in [0.2, 0.25) is 0 Å². The van der Waals surface area contributed by atoms with Crippen molar-refractivity contribution in [1.29, 1.82) is 0 Å². The molecule has 12 heteroatoms. The molecule has 0 saturated carbocycles. The Morgan fingerprint density at radius 1 is 1.03 bits per heavy atom. The van der Waals surface area contributed by atoms with Gasteiger partial charge in [0.2, 0.25) is 4.71 Å². The van der Waals surface area contributed by atoms with Crippen LogP contribution in [0.15, 0.2) is 84.1 Å². The van der Waals surface area contributed by atoms with E-state index in [1.807, 2.05) is 54.6 Å². The minimum atomic E-state index is -4.36. The van der Waals surface area contributed by atoms with Gasteiger partial charge in [0, 0.05) is 23.8 Å². The minimum absolute atomic E-state index is 0.0851. The van der Waals surface area contributed by atoms with Crippen LogP contribution >= 0.6 is 21.6 Å². The van der Waals surface area contributed by atoms with Crippen LogP contribution in [0, 0.1) is 0 Å². The maximum Gasteiger partial charge on any atom is 0.299 e. The molecule has 1 aromatic heterocycles. The molecule has 1 aliphatic rings. The summed E-state index contributed by atoms with van der Waals surface area (Å²) in [5.74, 6) is -0.506. The third-order valence-electron chi connectivity index (χ3n) is 4.60. The van der Waals surface area contributed by atoms with Gasteiger partial charge in [0.25, 0.3) is 16.0 Å². The molecule has 0 spiro atoms. The molecule has 0 bridgehead atoms. The molecule has 1 aliphatic heterocycles. The minimum Gasteiger partial charge on any atom is -0.359 e. The highest BCUT2D eigenvalue weighted by atomic mass is 33.1. The van der Waals surface area contributed by atoms with Gasteiger partial charge >= 0.3 is 0 Å². The Morgan fingerprint density at radius 3 is 2.35 bits per heavy atom. The first kappa shape index (κ1) is 24.2. The molecule has 9 nitrogen and oxygen atoms in total. The van der Waals surface area contributed by atoms with Crippen molar-refractivity contribution in [1.82, 2.24) is 10.3 Å². The molecule has 4 rings (SSSR count). The number of aromatic nitrogens is 1. The Kier molecular flexibility index (Phi) is 7.85. The fourth-order valence-electron chi connectivity index (χ4n) is 2.99. The summed E-state index contributed by atoms with van der Waals surface area (Å²) >= 11 is 0. The second kappa shape index (κ2) is 11.0. The first-order valence-electron chi connectivity index (χ1n) is 9.99. The van der Waals surface area contributed by atoms with E-state index in [0.717, 1.165) is 38.5 Å². The number of nitrogens with zero attached hydrogens (tertiary/aromatic N) is 2. The largest absolute Gasteiger partial charge is 0.359 e. The zero-order valence-electron chi connectivity index (χ0n) is 17.6. The molecule has 0 radical (unpaired) electrons. The number of hydrogen-bond donors (Lipinski definition) is 3. The summed E-state index contributed by atoms with van der Waals surface area (Å²) in [4.78, 5) is 20.9. The SMILES string of the molecule is O=C(NC1=NC(S(=O)(=O)O)SS1)C(OCc1ccccc1)c1ccc(Nc2ccncc2)cc1. The molecular formula is C22H20N4O5S3. The monoisotopic (exact) mass is 516 g/mol. The smallest absolute Gasteiger partial charge is 0.299 e. The number of carbonyl (C=O) groups is 1. The van der Waals surface area contributed by atoms with E-state index >= 15 is 0 Å². The molecule has 176 valence electrons. The quantitative estimate of drug-likeness (QED) is 0.299. The van der Waals surface area contributed by atoms with Crippen LogP contribution in [0.25, 0.3) is 0 Å². The van der Waals surface area contributed by atoms with Gasteiger partial charge in [-0.25, -0.2) is 4.99 Å². The van der Waals surface area contributed by atoms with Gasteiger partial charge in [-0.3, -0.25) is 14.3 Å². The molecule has 0 aliphatic carbocycles. The number of ether oxygens (including phenoxy) is 1. The third kappa shape index (κ3) is 6.58.